The number of aryl methyl sites for hydroxylation is 2. The number of pyridine rings is 1. The van der Waals surface area contributed by atoms with Crippen molar-refractivity contribution >= 4 is 27.5 Å². The Labute approximate surface area is 133 Å². The van der Waals surface area contributed by atoms with Gasteiger partial charge in [-0.25, -0.2) is 0 Å². The molecular weight excluding hydrogens is 336 g/mol. The summed E-state index contributed by atoms with van der Waals surface area (Å²) in [6.45, 7) is 4.16. The first-order valence-electron chi connectivity index (χ1n) is 6.55. The Morgan fingerprint density at radius 2 is 2.05 bits per heavy atom. The average Bonchev–Trinajstić information content (AvgIpc) is 2.39. The summed E-state index contributed by atoms with van der Waals surface area (Å²) in [5, 5.41) is 4.12. The fourth-order valence-electron chi connectivity index (χ4n) is 2.33. The Balaban J connectivity index is 2.28. The molecule has 0 radical (unpaired) electrons. The van der Waals surface area contributed by atoms with Gasteiger partial charge in [-0.3, -0.25) is 4.98 Å². The summed E-state index contributed by atoms with van der Waals surface area (Å²) in [7, 11) is 1.96. The Kier molecular flexibility index (Phi) is 5.19. The summed E-state index contributed by atoms with van der Waals surface area (Å²) in [5.74, 6) is 0. The molecule has 4 heteroatoms. The fraction of sp³-hybridized carbons (Fsp3) is 0.312. The molecule has 1 atom stereocenters. The van der Waals surface area contributed by atoms with Gasteiger partial charge in [0.1, 0.15) is 0 Å². The van der Waals surface area contributed by atoms with Crippen molar-refractivity contribution in [1.82, 2.24) is 10.3 Å². The second kappa shape index (κ2) is 6.70. The number of nitrogens with zero attached hydrogens (tertiary/aromatic N) is 1. The molecule has 0 aliphatic carbocycles. The number of rotatable bonds is 4. The van der Waals surface area contributed by atoms with Crippen LogP contribution in [0.4, 0.5) is 0 Å². The first-order chi connectivity index (χ1) is 9.51. The third-order valence-corrected chi connectivity index (χ3v) is 4.22. The number of hydrogen-bond acceptors (Lipinski definition) is 2. The zero-order valence-electron chi connectivity index (χ0n) is 11.9. The summed E-state index contributed by atoms with van der Waals surface area (Å²) in [4.78, 5) is 4.58. The van der Waals surface area contributed by atoms with E-state index in [1.165, 1.54) is 11.1 Å². The smallest absolute Gasteiger partial charge is 0.0605 e. The molecule has 106 valence electrons. The molecule has 1 N–H and O–H groups in total. The number of aromatic nitrogens is 1. The van der Waals surface area contributed by atoms with Crippen LogP contribution in [0.25, 0.3) is 0 Å². The molecule has 0 amide bonds. The number of likely N-dealkylation sites (N-methyl/N-ethyl adjacent to an activating group) is 1. The van der Waals surface area contributed by atoms with E-state index in [4.69, 9.17) is 11.6 Å². The number of benzene rings is 1. The molecule has 1 aromatic heterocycles. The maximum atomic E-state index is 6.30. The number of halogens is 2. The van der Waals surface area contributed by atoms with Gasteiger partial charge in [-0.1, -0.05) is 39.7 Å². The van der Waals surface area contributed by atoms with Crippen LogP contribution in [-0.4, -0.2) is 12.0 Å². The lowest BCUT2D eigenvalue weighted by Gasteiger charge is -2.19. The predicted octanol–water partition coefficient (Wildman–Crippen LogP) is 4.62. The first-order valence-corrected chi connectivity index (χ1v) is 7.72. The second-order valence-electron chi connectivity index (χ2n) is 5.00. The van der Waals surface area contributed by atoms with E-state index in [-0.39, 0.29) is 6.04 Å². The summed E-state index contributed by atoms with van der Waals surface area (Å²) in [6, 6.07) is 8.33. The van der Waals surface area contributed by atoms with E-state index < -0.39 is 0 Å². The van der Waals surface area contributed by atoms with E-state index in [2.05, 4.69) is 52.2 Å². The van der Waals surface area contributed by atoms with Gasteiger partial charge in [0.15, 0.2) is 0 Å². The SMILES string of the molecule is CNC(Cc1ccc(Br)cc1Cl)c1ncc(C)cc1C. The lowest BCUT2D eigenvalue weighted by Crippen LogP contribution is -2.21. The summed E-state index contributed by atoms with van der Waals surface area (Å²) in [6.07, 6.45) is 2.73. The van der Waals surface area contributed by atoms with Gasteiger partial charge in [-0.2, -0.15) is 0 Å². The van der Waals surface area contributed by atoms with Crippen LogP contribution in [0, 0.1) is 13.8 Å². The first kappa shape index (κ1) is 15.5. The second-order valence-corrected chi connectivity index (χ2v) is 6.32. The molecule has 0 aliphatic heterocycles. The van der Waals surface area contributed by atoms with E-state index in [0.717, 1.165) is 27.2 Å². The van der Waals surface area contributed by atoms with Crippen LogP contribution in [0.5, 0.6) is 0 Å². The van der Waals surface area contributed by atoms with Crippen LogP contribution < -0.4 is 5.32 Å². The highest BCUT2D eigenvalue weighted by molar-refractivity contribution is 9.10. The molecule has 20 heavy (non-hydrogen) atoms. The highest BCUT2D eigenvalue weighted by Crippen LogP contribution is 2.26. The van der Waals surface area contributed by atoms with Crippen LogP contribution in [0.3, 0.4) is 0 Å². The maximum Gasteiger partial charge on any atom is 0.0605 e. The van der Waals surface area contributed by atoms with Gasteiger partial charge in [0, 0.05) is 15.7 Å². The Morgan fingerprint density at radius 3 is 2.65 bits per heavy atom. The van der Waals surface area contributed by atoms with Crippen LogP contribution >= 0.6 is 27.5 Å². The minimum absolute atomic E-state index is 0.161. The zero-order chi connectivity index (χ0) is 14.7. The molecule has 0 bridgehead atoms. The van der Waals surface area contributed by atoms with E-state index in [9.17, 15) is 0 Å². The molecule has 2 aromatic rings. The predicted molar refractivity (Wildman–Crippen MR) is 88.4 cm³/mol. The Bertz CT molecular complexity index is 613. The molecule has 1 heterocycles. The van der Waals surface area contributed by atoms with Crippen molar-refractivity contribution in [3.8, 4) is 0 Å². The topological polar surface area (TPSA) is 24.9 Å². The summed E-state index contributed by atoms with van der Waals surface area (Å²) in [5.41, 5.74) is 4.59. The number of nitrogens with one attached hydrogen (secondary N) is 1. The molecule has 0 spiro atoms. The Morgan fingerprint density at radius 1 is 1.30 bits per heavy atom. The van der Waals surface area contributed by atoms with E-state index in [1.54, 1.807) is 0 Å². The van der Waals surface area contributed by atoms with Crippen molar-refractivity contribution in [1.29, 1.82) is 0 Å². The van der Waals surface area contributed by atoms with Crippen molar-refractivity contribution in [2.24, 2.45) is 0 Å². The normalized spacial score (nSPS) is 12.4. The van der Waals surface area contributed by atoms with Gasteiger partial charge < -0.3 is 5.32 Å². The van der Waals surface area contributed by atoms with Gasteiger partial charge in [0.2, 0.25) is 0 Å². The van der Waals surface area contributed by atoms with E-state index in [0.29, 0.717) is 0 Å². The number of hydrogen-bond donors (Lipinski definition) is 1. The van der Waals surface area contributed by atoms with Gasteiger partial charge >= 0.3 is 0 Å². The van der Waals surface area contributed by atoms with Crippen molar-refractivity contribution in [2.45, 2.75) is 26.3 Å². The third-order valence-electron chi connectivity index (χ3n) is 3.37. The molecule has 2 nitrogen and oxygen atoms in total. The lowest BCUT2D eigenvalue weighted by molar-refractivity contribution is 0.572. The molecular formula is C16H18BrClN2. The van der Waals surface area contributed by atoms with Crippen molar-refractivity contribution in [2.75, 3.05) is 7.05 Å². The highest BCUT2D eigenvalue weighted by Gasteiger charge is 2.15. The van der Waals surface area contributed by atoms with Crippen molar-refractivity contribution in [3.05, 3.63) is 62.3 Å². The fourth-order valence-corrected chi connectivity index (χ4v) is 3.08. The van der Waals surface area contributed by atoms with Crippen molar-refractivity contribution in [3.63, 3.8) is 0 Å². The molecule has 1 aromatic carbocycles. The standard InChI is InChI=1S/C16H18BrClN2/c1-10-6-11(2)16(20-9-10)15(19-3)7-12-4-5-13(17)8-14(12)18/h4-6,8-9,15,19H,7H2,1-3H3. The molecule has 0 saturated carbocycles. The molecule has 0 fully saturated rings. The molecule has 1 unspecified atom stereocenters. The summed E-state index contributed by atoms with van der Waals surface area (Å²) < 4.78 is 0.997. The van der Waals surface area contributed by atoms with Crippen LogP contribution in [0.1, 0.15) is 28.4 Å². The maximum absolute atomic E-state index is 6.30. The van der Waals surface area contributed by atoms with Crippen LogP contribution in [0.2, 0.25) is 5.02 Å². The highest BCUT2D eigenvalue weighted by atomic mass is 79.9. The zero-order valence-corrected chi connectivity index (χ0v) is 14.2. The van der Waals surface area contributed by atoms with Gasteiger partial charge in [-0.05, 0) is 56.1 Å². The van der Waals surface area contributed by atoms with Crippen LogP contribution in [-0.2, 0) is 6.42 Å². The van der Waals surface area contributed by atoms with Crippen LogP contribution in [0.15, 0.2) is 34.9 Å². The monoisotopic (exact) mass is 352 g/mol. The lowest BCUT2D eigenvalue weighted by atomic mass is 9.99. The minimum atomic E-state index is 0.161. The van der Waals surface area contributed by atoms with E-state index in [1.807, 2.05) is 25.4 Å². The third kappa shape index (κ3) is 3.60. The molecule has 2 rings (SSSR count). The van der Waals surface area contributed by atoms with Gasteiger partial charge in [-0.15, -0.1) is 0 Å². The summed E-state index contributed by atoms with van der Waals surface area (Å²) >= 11 is 9.74. The van der Waals surface area contributed by atoms with E-state index >= 15 is 0 Å². The minimum Gasteiger partial charge on any atom is -0.311 e. The molecule has 0 aliphatic rings. The van der Waals surface area contributed by atoms with Crippen molar-refractivity contribution < 1.29 is 0 Å². The average molecular weight is 354 g/mol. The Hall–Kier alpha value is -0.900. The largest absolute Gasteiger partial charge is 0.311 e. The molecule has 0 saturated heterocycles. The van der Waals surface area contributed by atoms with Gasteiger partial charge in [0.25, 0.3) is 0 Å². The quantitative estimate of drug-likeness (QED) is 0.867. The van der Waals surface area contributed by atoms with Gasteiger partial charge in [0.05, 0.1) is 11.7 Å².